The summed E-state index contributed by atoms with van der Waals surface area (Å²) < 4.78 is 16.1. The fourth-order valence-electron chi connectivity index (χ4n) is 2.50. The Balaban J connectivity index is 2.24. The molecule has 0 bridgehead atoms. The zero-order valence-electron chi connectivity index (χ0n) is 10.1. The Morgan fingerprint density at radius 1 is 1.05 bits per heavy atom. The van der Waals surface area contributed by atoms with Crippen molar-refractivity contribution < 1.29 is 13.4 Å². The lowest BCUT2D eigenvalue weighted by Crippen LogP contribution is -1.84. The van der Waals surface area contributed by atoms with Crippen molar-refractivity contribution in [2.75, 3.05) is 5.73 Å². The maximum atomic E-state index is 5.61. The maximum Gasteiger partial charge on any atom is 0.222 e. The Kier molecular flexibility index (Phi) is 1.84. The van der Waals surface area contributed by atoms with Crippen LogP contribution in [0.4, 0.5) is 5.88 Å². The van der Waals surface area contributed by atoms with Gasteiger partial charge in [-0.1, -0.05) is 5.16 Å². The van der Waals surface area contributed by atoms with Crippen molar-refractivity contribution in [2.45, 2.75) is 6.92 Å². The molecule has 1 aromatic carbocycles. The summed E-state index contributed by atoms with van der Waals surface area (Å²) in [5.41, 5.74) is 9.72. The fourth-order valence-corrected chi connectivity index (χ4v) is 2.50. The summed E-state index contributed by atoms with van der Waals surface area (Å²) in [7, 11) is 0. The van der Waals surface area contributed by atoms with E-state index in [1.165, 1.54) is 0 Å². The van der Waals surface area contributed by atoms with Gasteiger partial charge >= 0.3 is 0 Å². The van der Waals surface area contributed by atoms with Gasteiger partial charge in [-0.05, 0) is 19.1 Å². The lowest BCUT2D eigenvalue weighted by Gasteiger charge is -2.03. The second-order valence-corrected chi connectivity index (χ2v) is 4.44. The maximum absolute atomic E-state index is 5.61. The molecule has 2 N–H and O–H groups in total. The van der Waals surface area contributed by atoms with Crippen LogP contribution in [0, 0.1) is 6.92 Å². The van der Waals surface area contributed by atoms with E-state index in [1.807, 2.05) is 19.1 Å². The number of benzene rings is 1. The van der Waals surface area contributed by atoms with Gasteiger partial charge in [0.15, 0.2) is 0 Å². The first kappa shape index (κ1) is 10.3. The van der Waals surface area contributed by atoms with E-state index in [9.17, 15) is 0 Å². The lowest BCUT2D eigenvalue weighted by molar-refractivity contribution is 0.439. The van der Waals surface area contributed by atoms with E-state index in [0.29, 0.717) is 5.69 Å². The number of fused-ring (bicyclic) bond motifs is 2. The number of aryl methyl sites for hydroxylation is 1. The van der Waals surface area contributed by atoms with Crippen LogP contribution in [0.15, 0.2) is 44.1 Å². The van der Waals surface area contributed by atoms with Crippen LogP contribution in [-0.2, 0) is 0 Å². The molecule has 4 rings (SSSR count). The summed E-state index contributed by atoms with van der Waals surface area (Å²) in [4.78, 5) is 0. The average molecular weight is 254 g/mol. The molecule has 0 saturated heterocycles. The van der Waals surface area contributed by atoms with Crippen molar-refractivity contribution in [3.05, 3.63) is 36.3 Å². The average Bonchev–Trinajstić information content (AvgIpc) is 3.09. The van der Waals surface area contributed by atoms with Crippen LogP contribution < -0.4 is 5.73 Å². The number of anilines is 1. The monoisotopic (exact) mass is 254 g/mol. The molecule has 0 radical (unpaired) electrons. The number of nitrogens with zero attached hydrogens (tertiary/aromatic N) is 1. The van der Waals surface area contributed by atoms with Gasteiger partial charge in [-0.3, -0.25) is 0 Å². The van der Waals surface area contributed by atoms with Crippen LogP contribution in [0.1, 0.15) is 5.56 Å². The molecule has 0 aliphatic heterocycles. The van der Waals surface area contributed by atoms with E-state index in [0.717, 1.165) is 33.1 Å². The number of rotatable bonds is 1. The third-order valence-corrected chi connectivity index (χ3v) is 3.36. The first-order valence-electron chi connectivity index (χ1n) is 5.85. The molecule has 19 heavy (non-hydrogen) atoms. The van der Waals surface area contributed by atoms with Crippen molar-refractivity contribution in [3.8, 4) is 11.3 Å². The Morgan fingerprint density at radius 2 is 1.79 bits per heavy atom. The van der Waals surface area contributed by atoms with Gasteiger partial charge in [-0.15, -0.1) is 0 Å². The quantitative estimate of drug-likeness (QED) is 0.560. The summed E-state index contributed by atoms with van der Waals surface area (Å²) in [6, 6.07) is 5.49. The van der Waals surface area contributed by atoms with Crippen molar-refractivity contribution in [3.63, 3.8) is 0 Å². The van der Waals surface area contributed by atoms with Crippen LogP contribution in [0.3, 0.4) is 0 Å². The van der Waals surface area contributed by atoms with Crippen molar-refractivity contribution >= 4 is 27.8 Å². The number of aromatic nitrogens is 1. The van der Waals surface area contributed by atoms with Gasteiger partial charge in [0.05, 0.1) is 18.1 Å². The second-order valence-electron chi connectivity index (χ2n) is 4.44. The minimum absolute atomic E-state index is 0.270. The predicted molar refractivity (Wildman–Crippen MR) is 70.6 cm³/mol. The van der Waals surface area contributed by atoms with E-state index in [-0.39, 0.29) is 5.88 Å². The SMILES string of the molecule is Cc1c2ccoc2c(-c2cc(N)on2)c2ccoc12. The van der Waals surface area contributed by atoms with Crippen LogP contribution in [0.25, 0.3) is 33.2 Å². The highest BCUT2D eigenvalue weighted by Crippen LogP contribution is 2.39. The molecule has 5 nitrogen and oxygen atoms in total. The van der Waals surface area contributed by atoms with Gasteiger partial charge in [0, 0.05) is 22.4 Å². The van der Waals surface area contributed by atoms with E-state index < -0.39 is 0 Å². The number of furan rings is 2. The standard InChI is InChI=1S/C14H10N2O3/c1-7-8-2-4-18-14(8)12(9-3-5-17-13(7)9)10-6-11(15)19-16-10/h2-6H,15H2,1H3. The zero-order chi connectivity index (χ0) is 13.0. The van der Waals surface area contributed by atoms with Crippen LogP contribution in [0.2, 0.25) is 0 Å². The molecule has 0 spiro atoms. The summed E-state index contributed by atoms with van der Waals surface area (Å²) in [6.07, 6.45) is 3.31. The number of nitrogens with two attached hydrogens (primary N) is 1. The van der Waals surface area contributed by atoms with E-state index in [4.69, 9.17) is 19.1 Å². The van der Waals surface area contributed by atoms with Gasteiger partial charge in [0.1, 0.15) is 16.9 Å². The van der Waals surface area contributed by atoms with Gasteiger partial charge < -0.3 is 19.1 Å². The Morgan fingerprint density at radius 3 is 2.53 bits per heavy atom. The summed E-state index contributed by atoms with van der Waals surface area (Å²) in [5, 5.41) is 5.91. The van der Waals surface area contributed by atoms with Gasteiger partial charge in [0.2, 0.25) is 5.88 Å². The largest absolute Gasteiger partial charge is 0.464 e. The first-order valence-corrected chi connectivity index (χ1v) is 5.85. The van der Waals surface area contributed by atoms with Crippen molar-refractivity contribution in [1.29, 1.82) is 0 Å². The van der Waals surface area contributed by atoms with Gasteiger partial charge in [-0.25, -0.2) is 0 Å². The molecule has 0 saturated carbocycles. The molecule has 0 fully saturated rings. The molecule has 0 aliphatic carbocycles. The second kappa shape index (κ2) is 3.41. The van der Waals surface area contributed by atoms with Gasteiger partial charge in [0.25, 0.3) is 0 Å². The molecule has 94 valence electrons. The van der Waals surface area contributed by atoms with Gasteiger partial charge in [-0.2, -0.15) is 0 Å². The molecule has 0 amide bonds. The summed E-state index contributed by atoms with van der Waals surface area (Å²) in [5.74, 6) is 0.270. The lowest BCUT2D eigenvalue weighted by atomic mass is 10.0. The van der Waals surface area contributed by atoms with Crippen LogP contribution in [0.5, 0.6) is 0 Å². The molecule has 3 aromatic heterocycles. The minimum Gasteiger partial charge on any atom is -0.464 e. The highest BCUT2D eigenvalue weighted by molar-refractivity contribution is 6.10. The topological polar surface area (TPSA) is 78.3 Å². The molecular formula is C14H10N2O3. The summed E-state index contributed by atoms with van der Waals surface area (Å²) in [6.45, 7) is 2.00. The van der Waals surface area contributed by atoms with Crippen molar-refractivity contribution in [2.24, 2.45) is 0 Å². The Hall–Kier alpha value is -2.69. The van der Waals surface area contributed by atoms with E-state index in [1.54, 1.807) is 18.6 Å². The van der Waals surface area contributed by atoms with Crippen LogP contribution in [-0.4, -0.2) is 5.16 Å². The number of hydrogen-bond donors (Lipinski definition) is 1. The predicted octanol–water partition coefficient (Wildman–Crippen LogP) is 3.72. The third kappa shape index (κ3) is 1.26. The third-order valence-electron chi connectivity index (χ3n) is 3.36. The molecular weight excluding hydrogens is 244 g/mol. The van der Waals surface area contributed by atoms with E-state index in [2.05, 4.69) is 5.16 Å². The Bertz CT molecular complexity index is 846. The molecule has 0 unspecified atom stereocenters. The molecule has 0 aliphatic rings. The first-order chi connectivity index (χ1) is 9.25. The molecule has 5 heteroatoms. The highest BCUT2D eigenvalue weighted by atomic mass is 16.5. The highest BCUT2D eigenvalue weighted by Gasteiger charge is 2.19. The number of hydrogen-bond acceptors (Lipinski definition) is 5. The number of nitrogen functional groups attached to an aromatic ring is 1. The fraction of sp³-hybridized carbons (Fsp3) is 0.0714. The Labute approximate surface area is 107 Å². The van der Waals surface area contributed by atoms with Crippen molar-refractivity contribution in [1.82, 2.24) is 5.16 Å². The summed E-state index contributed by atoms with van der Waals surface area (Å²) >= 11 is 0. The molecule has 4 aromatic rings. The molecule has 3 heterocycles. The smallest absolute Gasteiger partial charge is 0.222 e. The zero-order valence-corrected chi connectivity index (χ0v) is 10.1. The molecule has 0 atom stereocenters. The van der Waals surface area contributed by atoms with Crippen LogP contribution >= 0.6 is 0 Å². The minimum atomic E-state index is 0.270. The normalized spacial score (nSPS) is 11.6. The van der Waals surface area contributed by atoms with E-state index >= 15 is 0 Å².